The largest absolute Gasteiger partial charge is 0.465 e. The van der Waals surface area contributed by atoms with Gasteiger partial charge in [0.2, 0.25) is 5.91 Å². The standard InChI is InChI=1S/C34H49N3O5S/c1-7-12-13-14-22-42-32(41)28-27-30(39)37(24(9-3)23-38)29(34(27)20-19-33(28,6)43-34)31(40)36(21-8-2)26-17-15-25(16-18-26)35(10-4)11-5/h7-8,15-18,24,27-29,38H,1-2,9-14,19-23H2,3-6H3/t24-,27-,28-,29?,33+,34?/m0/s1. The van der Waals surface area contributed by atoms with Crippen molar-refractivity contribution < 1.29 is 24.2 Å². The monoisotopic (exact) mass is 611 g/mol. The smallest absolute Gasteiger partial charge is 0.311 e. The van der Waals surface area contributed by atoms with E-state index in [1.165, 1.54) is 0 Å². The van der Waals surface area contributed by atoms with Crippen molar-refractivity contribution in [1.29, 1.82) is 0 Å². The molecule has 236 valence electrons. The lowest BCUT2D eigenvalue weighted by Gasteiger charge is -2.39. The van der Waals surface area contributed by atoms with Crippen LogP contribution in [0.4, 0.5) is 11.4 Å². The van der Waals surface area contributed by atoms with Crippen LogP contribution < -0.4 is 9.80 Å². The van der Waals surface area contributed by atoms with Gasteiger partial charge >= 0.3 is 5.97 Å². The molecular formula is C34H49N3O5S. The Morgan fingerprint density at radius 2 is 1.79 bits per heavy atom. The number of hydrogen-bond donors (Lipinski definition) is 1. The summed E-state index contributed by atoms with van der Waals surface area (Å²) in [6.07, 6.45) is 7.87. The molecule has 1 aromatic carbocycles. The molecule has 2 bridgehead atoms. The molecule has 1 aromatic rings. The molecule has 2 unspecified atom stereocenters. The van der Waals surface area contributed by atoms with E-state index in [9.17, 15) is 19.5 Å². The lowest BCUT2D eigenvalue weighted by atomic mass is 9.66. The van der Waals surface area contributed by atoms with Gasteiger partial charge in [0, 0.05) is 35.8 Å². The van der Waals surface area contributed by atoms with E-state index in [1.54, 1.807) is 27.6 Å². The van der Waals surface area contributed by atoms with Gasteiger partial charge in [0.25, 0.3) is 5.91 Å². The number of fused-ring (bicyclic) bond motifs is 1. The maximum Gasteiger partial charge on any atom is 0.311 e. The number of aliphatic hydroxyl groups is 1. The second kappa shape index (κ2) is 13.9. The lowest BCUT2D eigenvalue weighted by Crippen LogP contribution is -2.57. The first-order valence-corrected chi connectivity index (χ1v) is 16.7. The van der Waals surface area contributed by atoms with Crippen molar-refractivity contribution in [2.45, 2.75) is 87.8 Å². The van der Waals surface area contributed by atoms with Gasteiger partial charge in [-0.3, -0.25) is 14.4 Å². The van der Waals surface area contributed by atoms with Gasteiger partial charge in [-0.05, 0) is 83.6 Å². The molecule has 3 heterocycles. The number of hydrogen-bond acceptors (Lipinski definition) is 7. The molecule has 3 aliphatic heterocycles. The molecule has 0 aromatic heterocycles. The highest BCUT2D eigenvalue weighted by Gasteiger charge is 2.78. The summed E-state index contributed by atoms with van der Waals surface area (Å²) in [5, 5.41) is 10.4. The van der Waals surface area contributed by atoms with Gasteiger partial charge in [0.15, 0.2) is 0 Å². The molecule has 0 radical (unpaired) electrons. The van der Waals surface area contributed by atoms with E-state index >= 15 is 0 Å². The minimum absolute atomic E-state index is 0.201. The maximum absolute atomic E-state index is 14.8. The first-order valence-electron chi connectivity index (χ1n) is 15.9. The van der Waals surface area contributed by atoms with E-state index in [4.69, 9.17) is 4.74 Å². The molecule has 9 heteroatoms. The van der Waals surface area contributed by atoms with Gasteiger partial charge in [0.05, 0.1) is 35.8 Å². The number of likely N-dealkylation sites (tertiary alicyclic amines) is 1. The van der Waals surface area contributed by atoms with Crippen molar-refractivity contribution in [3.05, 3.63) is 49.6 Å². The Balaban J connectivity index is 1.71. The molecule has 1 N–H and O–H groups in total. The Hall–Kier alpha value is -2.78. The zero-order valence-electron chi connectivity index (χ0n) is 26.3. The number of benzene rings is 1. The number of ether oxygens (including phenoxy) is 1. The van der Waals surface area contributed by atoms with Gasteiger partial charge in [-0.1, -0.05) is 19.1 Å². The fourth-order valence-corrected chi connectivity index (χ4v) is 9.82. The molecular weight excluding hydrogens is 562 g/mol. The highest BCUT2D eigenvalue weighted by molar-refractivity contribution is 8.02. The highest BCUT2D eigenvalue weighted by Crippen LogP contribution is 2.72. The number of allylic oxidation sites excluding steroid dienone is 1. The quantitative estimate of drug-likeness (QED) is 0.156. The third kappa shape index (κ3) is 5.87. The number of nitrogens with zero attached hydrogens (tertiary/aromatic N) is 3. The third-order valence-corrected chi connectivity index (χ3v) is 11.7. The number of thioether (sulfide) groups is 1. The summed E-state index contributed by atoms with van der Waals surface area (Å²) >= 11 is 1.62. The number of rotatable bonds is 16. The van der Waals surface area contributed by atoms with Crippen LogP contribution in [0.2, 0.25) is 0 Å². The highest BCUT2D eigenvalue weighted by atomic mass is 32.2. The number of unbranched alkanes of at least 4 members (excludes halogenated alkanes) is 2. The van der Waals surface area contributed by atoms with E-state index in [0.717, 1.165) is 43.7 Å². The first-order chi connectivity index (χ1) is 20.7. The molecule has 8 nitrogen and oxygen atoms in total. The van der Waals surface area contributed by atoms with Crippen LogP contribution >= 0.6 is 11.8 Å². The third-order valence-electron chi connectivity index (χ3n) is 9.69. The van der Waals surface area contributed by atoms with Crippen LogP contribution in [-0.4, -0.2) is 82.2 Å². The first kappa shape index (κ1) is 33.1. The van der Waals surface area contributed by atoms with Gasteiger partial charge in [-0.25, -0.2) is 0 Å². The van der Waals surface area contributed by atoms with Crippen LogP contribution in [0.25, 0.3) is 0 Å². The minimum Gasteiger partial charge on any atom is -0.465 e. The van der Waals surface area contributed by atoms with Crippen LogP contribution in [0, 0.1) is 11.8 Å². The normalized spacial score (nSPS) is 28.0. The van der Waals surface area contributed by atoms with Crippen LogP contribution in [0.3, 0.4) is 0 Å². The number of anilines is 2. The molecule has 3 saturated heterocycles. The topological polar surface area (TPSA) is 90.4 Å². The van der Waals surface area contributed by atoms with Gasteiger partial charge < -0.3 is 24.5 Å². The van der Waals surface area contributed by atoms with Crippen LogP contribution in [0.1, 0.15) is 66.2 Å². The molecule has 4 rings (SSSR count). The summed E-state index contributed by atoms with van der Waals surface area (Å²) in [5.41, 5.74) is 1.80. The zero-order chi connectivity index (χ0) is 31.4. The van der Waals surface area contributed by atoms with Crippen LogP contribution in [-0.2, 0) is 19.1 Å². The van der Waals surface area contributed by atoms with Crippen LogP contribution in [0.15, 0.2) is 49.6 Å². The second-order valence-corrected chi connectivity index (χ2v) is 14.0. The Bertz CT molecular complexity index is 1180. The SMILES string of the molecule is C=CCCCCOC(=O)[C@@H]1[C@H]2C(=O)N([C@@H](CC)CO)C(C(=O)N(CC=C)c3ccc(N(CC)CC)cc3)C23CC[C@@]1(C)S3. The van der Waals surface area contributed by atoms with Crippen molar-refractivity contribution in [2.75, 3.05) is 42.6 Å². The predicted molar refractivity (Wildman–Crippen MR) is 174 cm³/mol. The number of aliphatic hydroxyl groups excluding tert-OH is 1. The number of carbonyl (C=O) groups is 3. The van der Waals surface area contributed by atoms with E-state index < -0.39 is 33.4 Å². The molecule has 2 amide bonds. The van der Waals surface area contributed by atoms with E-state index in [2.05, 4.69) is 31.9 Å². The Kier molecular flexibility index (Phi) is 10.7. The van der Waals surface area contributed by atoms with Gasteiger partial charge in [0.1, 0.15) is 6.04 Å². The van der Waals surface area contributed by atoms with Crippen molar-refractivity contribution >= 4 is 40.9 Å². The van der Waals surface area contributed by atoms with E-state index in [-0.39, 0.29) is 30.9 Å². The van der Waals surface area contributed by atoms with Crippen molar-refractivity contribution in [3.63, 3.8) is 0 Å². The minimum atomic E-state index is -0.818. The Morgan fingerprint density at radius 3 is 2.37 bits per heavy atom. The number of carbonyl (C=O) groups excluding carboxylic acids is 3. The molecule has 0 aliphatic carbocycles. The van der Waals surface area contributed by atoms with Crippen molar-refractivity contribution in [1.82, 2.24) is 4.90 Å². The summed E-state index contributed by atoms with van der Waals surface area (Å²) in [7, 11) is 0. The van der Waals surface area contributed by atoms with Crippen LogP contribution in [0.5, 0.6) is 0 Å². The molecule has 3 fully saturated rings. The lowest BCUT2D eigenvalue weighted by molar-refractivity contribution is -0.156. The number of amides is 2. The molecule has 1 spiro atoms. The van der Waals surface area contributed by atoms with Gasteiger partial charge in [-0.2, -0.15) is 0 Å². The van der Waals surface area contributed by atoms with Crippen molar-refractivity contribution in [2.24, 2.45) is 11.8 Å². The molecule has 3 aliphatic rings. The molecule has 0 saturated carbocycles. The second-order valence-electron chi connectivity index (χ2n) is 12.1. The molecule has 43 heavy (non-hydrogen) atoms. The average molecular weight is 612 g/mol. The predicted octanol–water partition coefficient (Wildman–Crippen LogP) is 5.20. The molecule has 6 atom stereocenters. The fraction of sp³-hybridized carbons (Fsp3) is 0.618. The Labute approximate surface area is 261 Å². The summed E-state index contributed by atoms with van der Waals surface area (Å²) in [6.45, 7) is 17.9. The summed E-state index contributed by atoms with van der Waals surface area (Å²) in [4.78, 5) is 48.4. The number of esters is 1. The van der Waals surface area contributed by atoms with E-state index in [0.29, 0.717) is 25.9 Å². The summed E-state index contributed by atoms with van der Waals surface area (Å²) in [5.74, 6) is -2.10. The zero-order valence-corrected chi connectivity index (χ0v) is 27.1. The summed E-state index contributed by atoms with van der Waals surface area (Å²) in [6, 6.07) is 6.58. The van der Waals surface area contributed by atoms with Crippen molar-refractivity contribution in [3.8, 4) is 0 Å². The maximum atomic E-state index is 14.8. The fourth-order valence-electron chi connectivity index (χ4n) is 7.49. The average Bonchev–Trinajstić information content (AvgIpc) is 3.58. The van der Waals surface area contributed by atoms with E-state index in [1.807, 2.05) is 44.2 Å². The summed E-state index contributed by atoms with van der Waals surface area (Å²) < 4.78 is 4.49. The Morgan fingerprint density at radius 1 is 1.12 bits per heavy atom. The van der Waals surface area contributed by atoms with Gasteiger partial charge in [-0.15, -0.1) is 24.9 Å².